The number of unbranched alkanes of at least 4 members (excludes halogenated alkanes) is 2. The highest BCUT2D eigenvalue weighted by Crippen LogP contribution is 2.26. The second kappa shape index (κ2) is 11.7. The van der Waals surface area contributed by atoms with Crippen LogP contribution in [0.15, 0.2) is 12.7 Å². The Morgan fingerprint density at radius 1 is 0.966 bits per heavy atom. The fourth-order valence-electron chi connectivity index (χ4n) is 3.29. The lowest BCUT2D eigenvalue weighted by Crippen LogP contribution is -2.60. The molecule has 2 rings (SSSR count). The third kappa shape index (κ3) is 6.41. The Morgan fingerprint density at radius 2 is 1.66 bits per heavy atom. The Balaban J connectivity index is 1.93. The van der Waals surface area contributed by atoms with E-state index in [4.69, 9.17) is 18.9 Å². The predicted octanol–water partition coefficient (Wildman–Crippen LogP) is -1.60. The van der Waals surface area contributed by atoms with Gasteiger partial charge in [-0.2, -0.15) is 0 Å². The third-order valence-corrected chi connectivity index (χ3v) is 5.21. The van der Waals surface area contributed by atoms with E-state index in [9.17, 15) is 30.6 Å². The molecule has 0 spiro atoms. The summed E-state index contributed by atoms with van der Waals surface area (Å²) in [5, 5.41) is 59.6. The van der Waals surface area contributed by atoms with Crippen LogP contribution in [0.4, 0.5) is 0 Å². The number of hydrogen-bond acceptors (Lipinski definition) is 10. The number of aliphatic hydroxyl groups is 6. The van der Waals surface area contributed by atoms with Crippen LogP contribution in [-0.2, 0) is 18.9 Å². The normalized spacial score (nSPS) is 41.8. The zero-order chi connectivity index (χ0) is 21.6. The summed E-state index contributed by atoms with van der Waals surface area (Å²) in [7, 11) is 0. The maximum atomic E-state index is 10.2. The highest BCUT2D eigenvalue weighted by Gasteiger charge is 2.46. The van der Waals surface area contributed by atoms with Gasteiger partial charge in [0.1, 0.15) is 42.7 Å². The predicted molar refractivity (Wildman–Crippen MR) is 99.6 cm³/mol. The number of rotatable bonds is 10. The zero-order valence-electron chi connectivity index (χ0n) is 16.6. The van der Waals surface area contributed by atoms with E-state index in [1.807, 2.05) is 0 Å². The summed E-state index contributed by atoms with van der Waals surface area (Å²) in [5.74, 6) is 0. The summed E-state index contributed by atoms with van der Waals surface area (Å²) < 4.78 is 21.8. The zero-order valence-corrected chi connectivity index (χ0v) is 16.6. The van der Waals surface area contributed by atoms with Crippen molar-refractivity contribution in [1.29, 1.82) is 0 Å². The Morgan fingerprint density at radius 3 is 2.31 bits per heavy atom. The average Bonchev–Trinajstić information content (AvgIpc) is 2.71. The molecule has 0 aromatic carbocycles. The molecule has 2 fully saturated rings. The van der Waals surface area contributed by atoms with Gasteiger partial charge in [-0.25, -0.2) is 0 Å². The van der Waals surface area contributed by atoms with Gasteiger partial charge >= 0.3 is 0 Å². The minimum atomic E-state index is -1.53. The number of aliphatic hydroxyl groups excluding tert-OH is 6. The molecule has 0 saturated carbocycles. The molecule has 170 valence electrons. The molecular formula is C19H34O10. The Bertz CT molecular complexity index is 492. The summed E-state index contributed by atoms with van der Waals surface area (Å²) in [4.78, 5) is 0. The van der Waals surface area contributed by atoms with Crippen molar-refractivity contribution in [3.8, 4) is 0 Å². The molecule has 10 nitrogen and oxygen atoms in total. The van der Waals surface area contributed by atoms with Gasteiger partial charge in [0.05, 0.1) is 19.3 Å². The monoisotopic (exact) mass is 422 g/mol. The standard InChI is InChI=1S/C19H34O10/c1-3-5-6-7-10(4-2)28-19-17(25)15(23)14(22)12(29-19)9-27-18-16(24)13(21)11(20)8-26-18/h4,10-25H,2-3,5-9H2,1H3/t10-,11-,12+,13+,14+,15-,16+,17+,18+,19+/m1/s1. The molecule has 0 aromatic heterocycles. The van der Waals surface area contributed by atoms with Gasteiger partial charge in [0.2, 0.25) is 0 Å². The van der Waals surface area contributed by atoms with Crippen molar-refractivity contribution in [3.63, 3.8) is 0 Å². The lowest BCUT2D eigenvalue weighted by molar-refractivity contribution is -0.325. The molecule has 0 aromatic rings. The Labute approximate surface area is 170 Å². The van der Waals surface area contributed by atoms with Gasteiger partial charge in [-0.3, -0.25) is 0 Å². The van der Waals surface area contributed by atoms with Crippen LogP contribution in [0.3, 0.4) is 0 Å². The number of hydrogen-bond donors (Lipinski definition) is 6. The molecule has 2 aliphatic rings. The van der Waals surface area contributed by atoms with Crippen LogP contribution in [0.2, 0.25) is 0 Å². The van der Waals surface area contributed by atoms with Crippen molar-refractivity contribution in [3.05, 3.63) is 12.7 Å². The fraction of sp³-hybridized carbons (Fsp3) is 0.895. The van der Waals surface area contributed by atoms with Gasteiger partial charge in [-0.05, 0) is 6.42 Å². The van der Waals surface area contributed by atoms with Gasteiger partial charge in [0.25, 0.3) is 0 Å². The molecule has 2 saturated heterocycles. The van der Waals surface area contributed by atoms with Crippen LogP contribution in [0.5, 0.6) is 0 Å². The molecule has 0 amide bonds. The molecule has 10 heteroatoms. The van der Waals surface area contributed by atoms with Gasteiger partial charge in [-0.1, -0.05) is 32.3 Å². The molecule has 6 N–H and O–H groups in total. The van der Waals surface area contributed by atoms with E-state index in [1.54, 1.807) is 6.08 Å². The Hall–Kier alpha value is -0.660. The first kappa shape index (κ1) is 24.6. The van der Waals surface area contributed by atoms with Gasteiger partial charge in [-0.15, -0.1) is 6.58 Å². The van der Waals surface area contributed by atoms with Crippen molar-refractivity contribution < 1.29 is 49.6 Å². The molecule has 29 heavy (non-hydrogen) atoms. The van der Waals surface area contributed by atoms with E-state index in [0.29, 0.717) is 6.42 Å². The van der Waals surface area contributed by atoms with Gasteiger partial charge < -0.3 is 49.6 Å². The van der Waals surface area contributed by atoms with Crippen LogP contribution in [0.1, 0.15) is 32.6 Å². The summed E-state index contributed by atoms with van der Waals surface area (Å²) in [6.07, 6.45) is -7.36. The minimum Gasteiger partial charge on any atom is -0.388 e. The van der Waals surface area contributed by atoms with Crippen LogP contribution in [0.25, 0.3) is 0 Å². The second-order valence-electron chi connectivity index (χ2n) is 7.50. The summed E-state index contributed by atoms with van der Waals surface area (Å²) in [6.45, 7) is 5.24. The van der Waals surface area contributed by atoms with E-state index in [0.717, 1.165) is 19.3 Å². The summed E-state index contributed by atoms with van der Waals surface area (Å²) in [5.41, 5.74) is 0. The molecule has 0 aliphatic carbocycles. The van der Waals surface area contributed by atoms with E-state index < -0.39 is 61.4 Å². The molecule has 0 unspecified atom stereocenters. The summed E-state index contributed by atoms with van der Waals surface area (Å²) >= 11 is 0. The molecule has 2 heterocycles. The van der Waals surface area contributed by atoms with Crippen LogP contribution in [0, 0.1) is 0 Å². The fourth-order valence-corrected chi connectivity index (χ4v) is 3.29. The maximum Gasteiger partial charge on any atom is 0.187 e. The highest BCUT2D eigenvalue weighted by atomic mass is 16.7. The second-order valence-corrected chi connectivity index (χ2v) is 7.50. The van der Waals surface area contributed by atoms with Crippen molar-refractivity contribution in [2.45, 2.75) is 94.0 Å². The first-order valence-corrected chi connectivity index (χ1v) is 10.0. The molecule has 0 bridgehead atoms. The van der Waals surface area contributed by atoms with Crippen LogP contribution >= 0.6 is 0 Å². The number of ether oxygens (including phenoxy) is 4. The average molecular weight is 422 g/mol. The topological polar surface area (TPSA) is 158 Å². The lowest BCUT2D eigenvalue weighted by Gasteiger charge is -2.42. The van der Waals surface area contributed by atoms with Crippen molar-refractivity contribution in [2.24, 2.45) is 0 Å². The van der Waals surface area contributed by atoms with Crippen molar-refractivity contribution in [1.82, 2.24) is 0 Å². The minimum absolute atomic E-state index is 0.233. The van der Waals surface area contributed by atoms with E-state index >= 15 is 0 Å². The SMILES string of the molecule is C=C[C@H](CCCCC)O[C@H]1O[C@@H](CO[C@@H]2OC[C@@H](O)[C@H](O)[C@@H]2O)[C@H](O)[C@@H](O)[C@@H]1O. The molecular weight excluding hydrogens is 388 g/mol. The van der Waals surface area contributed by atoms with Crippen molar-refractivity contribution >= 4 is 0 Å². The molecule has 0 radical (unpaired) electrons. The Kier molecular flexibility index (Phi) is 9.89. The van der Waals surface area contributed by atoms with Crippen molar-refractivity contribution in [2.75, 3.05) is 13.2 Å². The molecule has 10 atom stereocenters. The third-order valence-electron chi connectivity index (χ3n) is 5.21. The lowest BCUT2D eigenvalue weighted by atomic mass is 9.99. The van der Waals surface area contributed by atoms with Gasteiger partial charge in [0, 0.05) is 0 Å². The first-order chi connectivity index (χ1) is 13.8. The van der Waals surface area contributed by atoms with E-state index in [1.165, 1.54) is 0 Å². The van der Waals surface area contributed by atoms with E-state index in [2.05, 4.69) is 13.5 Å². The maximum absolute atomic E-state index is 10.2. The van der Waals surface area contributed by atoms with Crippen LogP contribution in [-0.4, -0.2) is 105 Å². The quantitative estimate of drug-likeness (QED) is 0.179. The highest BCUT2D eigenvalue weighted by molar-refractivity contribution is 4.91. The van der Waals surface area contributed by atoms with Gasteiger partial charge in [0.15, 0.2) is 12.6 Å². The largest absolute Gasteiger partial charge is 0.388 e. The molecule has 2 aliphatic heterocycles. The summed E-state index contributed by atoms with van der Waals surface area (Å²) in [6, 6.07) is 0. The van der Waals surface area contributed by atoms with E-state index in [-0.39, 0.29) is 13.2 Å². The van der Waals surface area contributed by atoms with Crippen LogP contribution < -0.4 is 0 Å². The smallest absolute Gasteiger partial charge is 0.187 e. The first-order valence-electron chi connectivity index (χ1n) is 10.0.